The molecule has 5 amide bonds. The van der Waals surface area contributed by atoms with Crippen LogP contribution in [0.1, 0.15) is 54.7 Å². The second-order valence-electron chi connectivity index (χ2n) is 13.0. The Morgan fingerprint density at radius 2 is 1.67 bits per heavy atom. The number of hydrogen-bond acceptors (Lipinski definition) is 15. The number of ether oxygens (including phenoxy) is 1. The van der Waals surface area contributed by atoms with Crippen molar-refractivity contribution in [2.75, 3.05) is 11.9 Å². The molecule has 2 aliphatic heterocycles. The first-order valence-electron chi connectivity index (χ1n) is 17.4. The first kappa shape index (κ1) is 42.4. The number of phosphoric acid groups is 1. The molecular weight excluding hydrogens is 775 g/mol. The van der Waals surface area contributed by atoms with Gasteiger partial charge in [0.25, 0.3) is 5.91 Å². The van der Waals surface area contributed by atoms with Crippen molar-refractivity contribution in [2.24, 2.45) is 5.73 Å². The van der Waals surface area contributed by atoms with E-state index in [9.17, 15) is 43.5 Å². The van der Waals surface area contributed by atoms with Crippen LogP contribution in [0.25, 0.3) is 0 Å². The fourth-order valence-electron chi connectivity index (χ4n) is 5.57. The van der Waals surface area contributed by atoms with E-state index in [0.29, 0.717) is 11.1 Å². The molecule has 3 heterocycles. The van der Waals surface area contributed by atoms with E-state index in [4.69, 9.17) is 29.1 Å². The van der Waals surface area contributed by atoms with Gasteiger partial charge in [-0.2, -0.15) is 0 Å². The smallest absolute Gasteiger partial charge is 0.481 e. The summed E-state index contributed by atoms with van der Waals surface area (Å²) in [6.07, 6.45) is -5.13. The largest absolute Gasteiger partial charge is 0.530 e. The zero-order chi connectivity index (χ0) is 41.4. The van der Waals surface area contributed by atoms with Crippen LogP contribution in [-0.2, 0) is 55.3 Å². The Labute approximate surface area is 324 Å². The molecule has 23 heteroatoms. The average Bonchev–Trinajstić information content (AvgIpc) is 3.77. The fourth-order valence-corrected chi connectivity index (χ4v) is 6.79. The van der Waals surface area contributed by atoms with Gasteiger partial charge in [0.1, 0.15) is 48.5 Å². The van der Waals surface area contributed by atoms with Crippen LogP contribution < -0.4 is 31.5 Å². The molecule has 2 aliphatic rings. The predicted molar refractivity (Wildman–Crippen MR) is 193 cm³/mol. The molecule has 0 aliphatic carbocycles. The molecule has 1 fully saturated rings. The number of fused-ring (bicyclic) bond motifs is 1. The molecule has 1 saturated heterocycles. The Balaban J connectivity index is 1.17. The summed E-state index contributed by atoms with van der Waals surface area (Å²) in [5, 5.41) is 43.7. The second kappa shape index (κ2) is 18.4. The van der Waals surface area contributed by atoms with Crippen LogP contribution in [0.4, 0.5) is 5.69 Å². The summed E-state index contributed by atoms with van der Waals surface area (Å²) in [6.45, 7) is 1.92. The van der Waals surface area contributed by atoms with Crippen LogP contribution in [-0.4, -0.2) is 109 Å². The quantitative estimate of drug-likeness (QED) is 0.0779. The number of anilines is 1. The number of rotatable bonds is 17. The number of benzene rings is 2. The Morgan fingerprint density at radius 1 is 0.965 bits per heavy atom. The topological polar surface area (TPSA) is 322 Å². The van der Waals surface area contributed by atoms with E-state index in [1.54, 1.807) is 30.3 Å². The molecule has 8 atom stereocenters. The molecule has 1 aromatic heterocycles. The van der Waals surface area contributed by atoms with Crippen molar-refractivity contribution in [1.29, 1.82) is 0 Å². The molecule has 2 aromatic carbocycles. The number of nitrogens with zero attached hydrogens (tertiary/aromatic N) is 3. The standard InChI is InChI=1S/C34H41N8O14P/c1-17(37-25(43)10-11-26(44)45)31(49)38-18(2)32(50)40-22(12-19-6-4-3-5-7-19)33(51)39-21-8-9-23-20(13-21)14-53-57(52,56-23)54-15-24-27(46)28(47)34(55-24)42-16-36-30(41-42)29(35)48/h3-9,13,16-18,22,24,27-28,34,46-47H,10-12,14-15H2,1-2H3,(H2,35,48)(H,37,43)(H,38,49)(H,39,51)(H,40,50)(H,44,45)/t17-,18-,22-,24+,27+,28+,34+,57?/m0/s1. The summed E-state index contributed by atoms with van der Waals surface area (Å²) in [4.78, 5) is 77.1. The number of hydrogen-bond donors (Lipinski definition) is 8. The van der Waals surface area contributed by atoms with Gasteiger partial charge in [-0.1, -0.05) is 30.3 Å². The van der Waals surface area contributed by atoms with E-state index in [1.165, 1.54) is 32.0 Å². The zero-order valence-electron chi connectivity index (χ0n) is 30.5. The second-order valence-corrected chi connectivity index (χ2v) is 14.6. The lowest BCUT2D eigenvalue weighted by molar-refractivity contribution is -0.139. The van der Waals surface area contributed by atoms with Gasteiger partial charge >= 0.3 is 13.8 Å². The predicted octanol–water partition coefficient (Wildman–Crippen LogP) is -0.730. The number of nitrogens with one attached hydrogen (secondary N) is 4. The summed E-state index contributed by atoms with van der Waals surface area (Å²) in [7, 11) is -4.27. The van der Waals surface area contributed by atoms with Crippen molar-refractivity contribution >= 4 is 49.0 Å². The summed E-state index contributed by atoms with van der Waals surface area (Å²) < 4.78 is 36.2. The number of primary amides is 1. The highest BCUT2D eigenvalue weighted by atomic mass is 31.2. The SMILES string of the molecule is C[C@H](NC(=O)CCC(=O)O)C(=O)N[C@@H](C)C(=O)N[C@@H](Cc1ccccc1)C(=O)Nc1ccc2c(c1)COP(=O)(OC[C@H]1O[C@@H](n3cnc(C(N)=O)n3)[C@H](O)[C@@H]1O)O2. The van der Waals surface area contributed by atoms with Gasteiger partial charge in [-0.05, 0) is 37.6 Å². The van der Waals surface area contributed by atoms with Crippen LogP contribution >= 0.6 is 7.82 Å². The van der Waals surface area contributed by atoms with Gasteiger partial charge < -0.3 is 51.6 Å². The van der Waals surface area contributed by atoms with Crippen LogP contribution in [0.15, 0.2) is 54.9 Å². The maximum absolute atomic E-state index is 13.6. The summed E-state index contributed by atoms with van der Waals surface area (Å²) in [5.74, 6) is -5.01. The van der Waals surface area contributed by atoms with E-state index in [1.807, 2.05) is 0 Å². The van der Waals surface area contributed by atoms with E-state index in [-0.39, 0.29) is 36.7 Å². The molecule has 22 nitrogen and oxygen atoms in total. The molecule has 0 bridgehead atoms. The highest BCUT2D eigenvalue weighted by Crippen LogP contribution is 2.55. The monoisotopic (exact) mass is 816 g/mol. The molecule has 0 spiro atoms. The Morgan fingerprint density at radius 3 is 2.35 bits per heavy atom. The molecule has 5 rings (SSSR count). The molecule has 3 aromatic rings. The number of amides is 5. The van der Waals surface area contributed by atoms with Crippen molar-refractivity contribution < 1.29 is 67.0 Å². The van der Waals surface area contributed by atoms with Gasteiger partial charge in [-0.25, -0.2) is 14.2 Å². The highest BCUT2D eigenvalue weighted by molar-refractivity contribution is 7.49. The molecule has 1 unspecified atom stereocenters. The maximum Gasteiger partial charge on any atom is 0.530 e. The first-order valence-corrected chi connectivity index (χ1v) is 18.9. The molecular formula is C34H41N8O14P. The van der Waals surface area contributed by atoms with Crippen molar-refractivity contribution in [2.45, 2.75) is 82.4 Å². The lowest BCUT2D eigenvalue weighted by atomic mass is 10.0. The minimum Gasteiger partial charge on any atom is -0.481 e. The number of phosphoric ester groups is 1. The van der Waals surface area contributed by atoms with E-state index < -0.39 is 99.0 Å². The number of aliphatic carboxylic acids is 1. The van der Waals surface area contributed by atoms with Crippen LogP contribution in [0.3, 0.4) is 0 Å². The summed E-state index contributed by atoms with van der Waals surface area (Å²) in [5.41, 5.74) is 6.50. The summed E-state index contributed by atoms with van der Waals surface area (Å²) in [6, 6.07) is 9.84. The lowest BCUT2D eigenvalue weighted by Crippen LogP contribution is -2.55. The zero-order valence-corrected chi connectivity index (χ0v) is 31.4. The van der Waals surface area contributed by atoms with Gasteiger partial charge in [0, 0.05) is 24.1 Å². The van der Waals surface area contributed by atoms with Gasteiger partial charge in [-0.15, -0.1) is 5.10 Å². The average molecular weight is 817 g/mol. The van der Waals surface area contributed by atoms with E-state index in [2.05, 4.69) is 31.3 Å². The Bertz CT molecular complexity index is 2030. The van der Waals surface area contributed by atoms with Gasteiger partial charge in [0.15, 0.2) is 6.23 Å². The molecule has 0 saturated carbocycles. The number of nitrogens with two attached hydrogens (primary N) is 1. The number of carbonyl (C=O) groups excluding carboxylic acids is 5. The Kier molecular flexibility index (Phi) is 13.7. The van der Waals surface area contributed by atoms with Crippen molar-refractivity contribution in [3.8, 4) is 5.75 Å². The van der Waals surface area contributed by atoms with Gasteiger partial charge in [0.05, 0.1) is 19.6 Å². The number of aliphatic hydroxyl groups excluding tert-OH is 2. The third-order valence-corrected chi connectivity index (χ3v) is 9.98. The number of aliphatic hydroxyl groups is 2. The molecule has 306 valence electrons. The number of carbonyl (C=O) groups is 6. The van der Waals surface area contributed by atoms with Gasteiger partial charge in [-0.3, -0.25) is 37.8 Å². The van der Waals surface area contributed by atoms with Crippen LogP contribution in [0.2, 0.25) is 0 Å². The number of carboxylic acids is 1. The minimum atomic E-state index is -4.27. The van der Waals surface area contributed by atoms with Crippen LogP contribution in [0.5, 0.6) is 5.75 Å². The third-order valence-electron chi connectivity index (χ3n) is 8.64. The van der Waals surface area contributed by atoms with Crippen molar-refractivity contribution in [3.05, 3.63) is 71.8 Å². The lowest BCUT2D eigenvalue weighted by Gasteiger charge is -2.26. The number of aromatic nitrogens is 3. The first-order chi connectivity index (χ1) is 27.0. The van der Waals surface area contributed by atoms with Gasteiger partial charge in [0.2, 0.25) is 29.5 Å². The van der Waals surface area contributed by atoms with Crippen molar-refractivity contribution in [3.63, 3.8) is 0 Å². The fraction of sp³-hybridized carbons (Fsp3) is 0.412. The Hall–Kier alpha value is -5.77. The normalized spacial score (nSPS) is 22.8. The molecule has 57 heavy (non-hydrogen) atoms. The molecule has 0 radical (unpaired) electrons. The van der Waals surface area contributed by atoms with E-state index in [0.717, 1.165) is 11.0 Å². The maximum atomic E-state index is 13.6. The van der Waals surface area contributed by atoms with Crippen molar-refractivity contribution in [1.82, 2.24) is 30.7 Å². The highest BCUT2D eigenvalue weighted by Gasteiger charge is 2.46. The van der Waals surface area contributed by atoms with Crippen LogP contribution in [0, 0.1) is 0 Å². The summed E-state index contributed by atoms with van der Waals surface area (Å²) >= 11 is 0. The third kappa shape index (κ3) is 11.2. The number of carboxylic acid groups (broad SMARTS) is 1. The minimum absolute atomic E-state index is 0.0667. The molecule has 9 N–H and O–H groups in total. The van der Waals surface area contributed by atoms with E-state index >= 15 is 0 Å².